The number of hydrogen-bond donors (Lipinski definition) is 2. The number of carbonyl (C=O) groups is 1. The molecule has 0 heterocycles. The zero-order valence-corrected chi connectivity index (χ0v) is 13.4. The number of amides is 1. The standard InChI is InChI=1S/C18H22N2O2/c1-12-9-10-17(22-4)16(11-12)19-14(3)18(21)20-15-8-6-5-7-13(15)2/h5-11,14,19H,1-4H3,(H,20,21). The number of anilines is 2. The Morgan fingerprint density at radius 1 is 1.09 bits per heavy atom. The Labute approximate surface area is 131 Å². The van der Waals surface area contributed by atoms with Crippen LogP contribution in [0.1, 0.15) is 18.1 Å². The van der Waals surface area contributed by atoms with Gasteiger partial charge in [-0.2, -0.15) is 0 Å². The third kappa shape index (κ3) is 3.79. The number of rotatable bonds is 5. The lowest BCUT2D eigenvalue weighted by Crippen LogP contribution is -2.32. The Hall–Kier alpha value is -2.49. The van der Waals surface area contributed by atoms with Crippen molar-refractivity contribution in [2.45, 2.75) is 26.8 Å². The van der Waals surface area contributed by atoms with E-state index in [4.69, 9.17) is 4.74 Å². The van der Waals surface area contributed by atoms with Crippen molar-refractivity contribution >= 4 is 17.3 Å². The molecule has 0 spiro atoms. The molecule has 0 aliphatic rings. The maximum atomic E-state index is 12.3. The highest BCUT2D eigenvalue weighted by Crippen LogP contribution is 2.26. The Morgan fingerprint density at radius 3 is 2.50 bits per heavy atom. The molecule has 4 nitrogen and oxygen atoms in total. The van der Waals surface area contributed by atoms with Gasteiger partial charge >= 0.3 is 0 Å². The van der Waals surface area contributed by atoms with Crippen molar-refractivity contribution in [3.05, 3.63) is 53.6 Å². The summed E-state index contributed by atoms with van der Waals surface area (Å²) in [5.41, 5.74) is 3.79. The van der Waals surface area contributed by atoms with Crippen LogP contribution in [-0.2, 0) is 4.79 Å². The highest BCUT2D eigenvalue weighted by atomic mass is 16.5. The van der Waals surface area contributed by atoms with Gasteiger partial charge in [0.05, 0.1) is 12.8 Å². The summed E-state index contributed by atoms with van der Waals surface area (Å²) in [5, 5.41) is 6.14. The number of para-hydroxylation sites is 1. The van der Waals surface area contributed by atoms with Crippen LogP contribution in [-0.4, -0.2) is 19.1 Å². The van der Waals surface area contributed by atoms with Crippen molar-refractivity contribution in [3.8, 4) is 5.75 Å². The fourth-order valence-electron chi connectivity index (χ4n) is 2.19. The molecule has 2 rings (SSSR count). The normalized spacial score (nSPS) is 11.6. The van der Waals surface area contributed by atoms with E-state index in [1.807, 2.05) is 63.2 Å². The lowest BCUT2D eigenvalue weighted by atomic mass is 10.1. The first-order valence-corrected chi connectivity index (χ1v) is 7.29. The number of benzene rings is 2. The molecule has 2 aromatic carbocycles. The predicted octanol–water partition coefficient (Wildman–Crippen LogP) is 3.75. The maximum Gasteiger partial charge on any atom is 0.246 e. The van der Waals surface area contributed by atoms with E-state index < -0.39 is 0 Å². The summed E-state index contributed by atoms with van der Waals surface area (Å²) in [6.45, 7) is 5.80. The molecule has 0 saturated carbocycles. The largest absolute Gasteiger partial charge is 0.495 e. The minimum absolute atomic E-state index is 0.0853. The van der Waals surface area contributed by atoms with E-state index >= 15 is 0 Å². The van der Waals surface area contributed by atoms with E-state index in [-0.39, 0.29) is 11.9 Å². The summed E-state index contributed by atoms with van der Waals surface area (Å²) >= 11 is 0. The van der Waals surface area contributed by atoms with Gasteiger partial charge in [0.25, 0.3) is 0 Å². The molecule has 1 atom stereocenters. The number of aryl methyl sites for hydroxylation is 2. The molecule has 0 aliphatic heterocycles. The zero-order chi connectivity index (χ0) is 16.1. The van der Waals surface area contributed by atoms with E-state index in [9.17, 15) is 4.79 Å². The van der Waals surface area contributed by atoms with Crippen LogP contribution >= 0.6 is 0 Å². The monoisotopic (exact) mass is 298 g/mol. The molecule has 22 heavy (non-hydrogen) atoms. The Bertz CT molecular complexity index is 668. The summed E-state index contributed by atoms with van der Waals surface area (Å²) in [4.78, 5) is 12.3. The second-order valence-corrected chi connectivity index (χ2v) is 5.37. The zero-order valence-electron chi connectivity index (χ0n) is 13.4. The highest BCUT2D eigenvalue weighted by molar-refractivity contribution is 5.97. The van der Waals surface area contributed by atoms with Crippen LogP contribution in [0.4, 0.5) is 11.4 Å². The van der Waals surface area contributed by atoms with E-state index in [0.717, 1.165) is 28.3 Å². The van der Waals surface area contributed by atoms with Crippen LogP contribution in [0.3, 0.4) is 0 Å². The van der Waals surface area contributed by atoms with Gasteiger partial charge in [0.15, 0.2) is 0 Å². The van der Waals surface area contributed by atoms with Gasteiger partial charge < -0.3 is 15.4 Å². The smallest absolute Gasteiger partial charge is 0.246 e. The quantitative estimate of drug-likeness (QED) is 0.884. The molecule has 2 aromatic rings. The highest BCUT2D eigenvalue weighted by Gasteiger charge is 2.15. The number of nitrogens with one attached hydrogen (secondary N) is 2. The molecular formula is C18H22N2O2. The summed E-state index contributed by atoms with van der Waals surface area (Å²) < 4.78 is 5.32. The summed E-state index contributed by atoms with van der Waals surface area (Å²) in [6.07, 6.45) is 0. The second kappa shape index (κ2) is 6.98. The first-order valence-electron chi connectivity index (χ1n) is 7.29. The molecule has 0 aliphatic carbocycles. The van der Waals surface area contributed by atoms with E-state index in [0.29, 0.717) is 0 Å². The molecule has 1 amide bonds. The van der Waals surface area contributed by atoms with Gasteiger partial charge in [-0.25, -0.2) is 0 Å². The Morgan fingerprint density at radius 2 is 1.82 bits per heavy atom. The van der Waals surface area contributed by atoms with Crippen LogP contribution in [0.15, 0.2) is 42.5 Å². The van der Waals surface area contributed by atoms with Gasteiger partial charge in [0, 0.05) is 5.69 Å². The topological polar surface area (TPSA) is 50.4 Å². The molecule has 0 aromatic heterocycles. The number of methoxy groups -OCH3 is 1. The molecule has 0 saturated heterocycles. The van der Waals surface area contributed by atoms with Crippen molar-refractivity contribution in [1.29, 1.82) is 0 Å². The van der Waals surface area contributed by atoms with Crippen LogP contribution in [0.5, 0.6) is 5.75 Å². The molecule has 116 valence electrons. The number of carbonyl (C=O) groups excluding carboxylic acids is 1. The van der Waals surface area contributed by atoms with Gasteiger partial charge in [-0.1, -0.05) is 24.3 Å². The fraction of sp³-hybridized carbons (Fsp3) is 0.278. The average molecular weight is 298 g/mol. The lowest BCUT2D eigenvalue weighted by molar-refractivity contribution is -0.116. The van der Waals surface area contributed by atoms with Crippen molar-refractivity contribution in [1.82, 2.24) is 0 Å². The average Bonchev–Trinajstić information content (AvgIpc) is 2.49. The minimum atomic E-state index is -0.379. The van der Waals surface area contributed by atoms with Crippen LogP contribution in [0.25, 0.3) is 0 Å². The Balaban J connectivity index is 2.09. The summed E-state index contributed by atoms with van der Waals surface area (Å²) in [6, 6.07) is 13.2. The minimum Gasteiger partial charge on any atom is -0.495 e. The van der Waals surface area contributed by atoms with Crippen LogP contribution in [0, 0.1) is 13.8 Å². The summed E-state index contributed by atoms with van der Waals surface area (Å²) in [5.74, 6) is 0.638. The van der Waals surface area contributed by atoms with Crippen molar-refractivity contribution < 1.29 is 9.53 Å². The van der Waals surface area contributed by atoms with Crippen molar-refractivity contribution in [2.75, 3.05) is 17.7 Å². The molecular weight excluding hydrogens is 276 g/mol. The van der Waals surface area contributed by atoms with Crippen molar-refractivity contribution in [2.24, 2.45) is 0 Å². The number of ether oxygens (including phenoxy) is 1. The maximum absolute atomic E-state index is 12.3. The van der Waals surface area contributed by atoms with Crippen molar-refractivity contribution in [3.63, 3.8) is 0 Å². The van der Waals surface area contributed by atoms with Gasteiger partial charge in [-0.05, 0) is 50.1 Å². The molecule has 0 bridgehead atoms. The molecule has 4 heteroatoms. The first kappa shape index (κ1) is 15.9. The van der Waals surface area contributed by atoms with E-state index in [1.54, 1.807) is 7.11 Å². The van der Waals surface area contributed by atoms with Gasteiger partial charge in [0.1, 0.15) is 11.8 Å². The SMILES string of the molecule is COc1ccc(C)cc1NC(C)C(=O)Nc1ccccc1C. The van der Waals surface area contributed by atoms with Crippen LogP contribution < -0.4 is 15.4 Å². The van der Waals surface area contributed by atoms with E-state index in [1.165, 1.54) is 0 Å². The van der Waals surface area contributed by atoms with Gasteiger partial charge in [-0.3, -0.25) is 4.79 Å². The predicted molar refractivity (Wildman–Crippen MR) is 90.6 cm³/mol. The van der Waals surface area contributed by atoms with Crippen LogP contribution in [0.2, 0.25) is 0 Å². The van der Waals surface area contributed by atoms with E-state index in [2.05, 4.69) is 10.6 Å². The fourth-order valence-corrected chi connectivity index (χ4v) is 2.19. The Kier molecular flexibility index (Phi) is 5.04. The first-order chi connectivity index (χ1) is 10.5. The number of hydrogen-bond acceptors (Lipinski definition) is 3. The summed E-state index contributed by atoms with van der Waals surface area (Å²) in [7, 11) is 1.62. The van der Waals surface area contributed by atoms with Gasteiger partial charge in [0.2, 0.25) is 5.91 Å². The molecule has 1 unspecified atom stereocenters. The molecule has 0 fully saturated rings. The third-order valence-corrected chi connectivity index (χ3v) is 3.52. The third-order valence-electron chi connectivity index (χ3n) is 3.52. The lowest BCUT2D eigenvalue weighted by Gasteiger charge is -2.18. The van der Waals surface area contributed by atoms with Gasteiger partial charge in [-0.15, -0.1) is 0 Å². The second-order valence-electron chi connectivity index (χ2n) is 5.37. The molecule has 0 radical (unpaired) electrons. The molecule has 2 N–H and O–H groups in total.